The van der Waals surface area contributed by atoms with Crippen LogP contribution in [0.4, 0.5) is 0 Å². The zero-order valence-electron chi connectivity index (χ0n) is 12.9. The Labute approximate surface area is 122 Å². The van der Waals surface area contributed by atoms with Crippen molar-refractivity contribution in [3.05, 3.63) is 35.4 Å². The van der Waals surface area contributed by atoms with Crippen LogP contribution in [0.15, 0.2) is 24.3 Å². The molecule has 1 heterocycles. The van der Waals surface area contributed by atoms with Crippen LogP contribution in [-0.2, 0) is 11.3 Å². The van der Waals surface area contributed by atoms with E-state index in [0.717, 1.165) is 32.5 Å². The van der Waals surface area contributed by atoms with Crippen molar-refractivity contribution < 1.29 is 9.84 Å². The Morgan fingerprint density at radius 2 is 2.00 bits per heavy atom. The Morgan fingerprint density at radius 3 is 2.55 bits per heavy atom. The number of hydrogen-bond acceptors (Lipinski definition) is 3. The lowest BCUT2D eigenvalue weighted by Gasteiger charge is -2.30. The van der Waals surface area contributed by atoms with Crippen LogP contribution >= 0.6 is 0 Å². The van der Waals surface area contributed by atoms with Gasteiger partial charge in [0.25, 0.3) is 0 Å². The second-order valence-electron chi connectivity index (χ2n) is 6.60. The summed E-state index contributed by atoms with van der Waals surface area (Å²) in [6.45, 7) is 9.15. The molecule has 1 atom stereocenters. The first-order valence-corrected chi connectivity index (χ1v) is 7.54. The molecule has 1 saturated heterocycles. The summed E-state index contributed by atoms with van der Waals surface area (Å²) in [5.41, 5.74) is 1.89. The number of benzene rings is 1. The Kier molecular flexibility index (Phi) is 5.19. The molecule has 1 aromatic rings. The summed E-state index contributed by atoms with van der Waals surface area (Å²) in [5, 5.41) is 10.1. The van der Waals surface area contributed by atoms with Crippen molar-refractivity contribution in [2.24, 2.45) is 0 Å². The fourth-order valence-electron chi connectivity index (χ4n) is 2.76. The van der Waals surface area contributed by atoms with Crippen LogP contribution < -0.4 is 0 Å². The molecule has 2 rings (SSSR count). The average Bonchev–Trinajstić information content (AvgIpc) is 2.83. The van der Waals surface area contributed by atoms with Gasteiger partial charge in [-0.2, -0.15) is 0 Å². The Balaban J connectivity index is 1.99. The predicted molar refractivity (Wildman–Crippen MR) is 81.7 cm³/mol. The van der Waals surface area contributed by atoms with Crippen LogP contribution in [0, 0.1) is 6.92 Å². The van der Waals surface area contributed by atoms with Gasteiger partial charge in [0.1, 0.15) is 0 Å². The fourth-order valence-corrected chi connectivity index (χ4v) is 2.76. The molecule has 0 radical (unpaired) electrons. The van der Waals surface area contributed by atoms with Gasteiger partial charge in [0.2, 0.25) is 0 Å². The largest absolute Gasteiger partial charge is 0.389 e. The molecule has 3 nitrogen and oxygen atoms in total. The van der Waals surface area contributed by atoms with Gasteiger partial charge < -0.3 is 9.84 Å². The van der Waals surface area contributed by atoms with Crippen LogP contribution in [0.1, 0.15) is 37.8 Å². The highest BCUT2D eigenvalue weighted by atomic mass is 16.5. The van der Waals surface area contributed by atoms with Crippen molar-refractivity contribution in [1.29, 1.82) is 0 Å². The van der Waals surface area contributed by atoms with E-state index in [-0.39, 0.29) is 0 Å². The molecule has 1 unspecified atom stereocenters. The summed E-state index contributed by atoms with van der Waals surface area (Å²) in [7, 11) is 0. The highest BCUT2D eigenvalue weighted by Gasteiger charge is 2.23. The molecule has 0 saturated carbocycles. The second-order valence-corrected chi connectivity index (χ2v) is 6.60. The van der Waals surface area contributed by atoms with E-state index < -0.39 is 5.60 Å². The van der Waals surface area contributed by atoms with Crippen LogP contribution in [0.25, 0.3) is 0 Å². The molecule has 1 aliphatic heterocycles. The quantitative estimate of drug-likeness (QED) is 0.868. The van der Waals surface area contributed by atoms with Gasteiger partial charge in [-0.05, 0) is 39.2 Å². The van der Waals surface area contributed by atoms with E-state index in [1.165, 1.54) is 11.1 Å². The molecule has 0 amide bonds. The highest BCUT2D eigenvalue weighted by molar-refractivity contribution is 5.21. The Bertz CT molecular complexity index is 402. The van der Waals surface area contributed by atoms with E-state index in [9.17, 15) is 5.11 Å². The number of hydrogen-bond donors (Lipinski definition) is 1. The number of aryl methyl sites for hydroxylation is 1. The number of nitrogens with zero attached hydrogens (tertiary/aromatic N) is 1. The molecule has 20 heavy (non-hydrogen) atoms. The molecule has 3 heteroatoms. The summed E-state index contributed by atoms with van der Waals surface area (Å²) in [4.78, 5) is 2.31. The van der Waals surface area contributed by atoms with Gasteiger partial charge in [-0.15, -0.1) is 0 Å². The zero-order chi connectivity index (χ0) is 14.6. The van der Waals surface area contributed by atoms with Crippen molar-refractivity contribution >= 4 is 0 Å². The maximum Gasteiger partial charge on any atom is 0.0718 e. The van der Waals surface area contributed by atoms with Crippen molar-refractivity contribution in [2.45, 2.75) is 51.9 Å². The molecular formula is C17H27NO2. The van der Waals surface area contributed by atoms with Crippen LogP contribution in [0.5, 0.6) is 0 Å². The van der Waals surface area contributed by atoms with Gasteiger partial charge >= 0.3 is 0 Å². The molecule has 112 valence electrons. The zero-order valence-corrected chi connectivity index (χ0v) is 12.9. The SMILES string of the molecule is Cc1ccc(CN(CC2CCCO2)CC(C)(C)O)cc1. The minimum atomic E-state index is -0.677. The van der Waals surface area contributed by atoms with Crippen molar-refractivity contribution in [3.63, 3.8) is 0 Å². The predicted octanol–water partition coefficient (Wildman–Crippen LogP) is 2.75. The molecule has 0 aromatic heterocycles. The molecule has 1 aromatic carbocycles. The second kappa shape index (κ2) is 6.70. The molecule has 0 spiro atoms. The lowest BCUT2D eigenvalue weighted by atomic mass is 10.1. The third-order valence-corrected chi connectivity index (χ3v) is 3.62. The monoisotopic (exact) mass is 277 g/mol. The summed E-state index contributed by atoms with van der Waals surface area (Å²) < 4.78 is 5.73. The van der Waals surface area contributed by atoms with Crippen molar-refractivity contribution in [3.8, 4) is 0 Å². The summed E-state index contributed by atoms with van der Waals surface area (Å²) in [6.07, 6.45) is 2.62. The Hall–Kier alpha value is -0.900. The van der Waals surface area contributed by atoms with Gasteiger partial charge in [0.05, 0.1) is 11.7 Å². The van der Waals surface area contributed by atoms with E-state index in [4.69, 9.17) is 4.74 Å². The van der Waals surface area contributed by atoms with E-state index in [0.29, 0.717) is 12.6 Å². The van der Waals surface area contributed by atoms with E-state index in [2.05, 4.69) is 36.1 Å². The Morgan fingerprint density at radius 1 is 1.30 bits per heavy atom. The van der Waals surface area contributed by atoms with Crippen LogP contribution in [0.2, 0.25) is 0 Å². The minimum absolute atomic E-state index is 0.322. The standard InChI is InChI=1S/C17H27NO2/c1-14-6-8-15(9-7-14)11-18(13-17(2,3)19)12-16-5-4-10-20-16/h6-9,16,19H,4-5,10-13H2,1-3H3. The number of rotatable bonds is 6. The van der Waals surface area contributed by atoms with E-state index in [1.807, 2.05) is 13.8 Å². The smallest absolute Gasteiger partial charge is 0.0718 e. The molecular weight excluding hydrogens is 250 g/mol. The van der Waals surface area contributed by atoms with Crippen LogP contribution in [-0.4, -0.2) is 41.4 Å². The van der Waals surface area contributed by atoms with Crippen molar-refractivity contribution in [2.75, 3.05) is 19.7 Å². The fraction of sp³-hybridized carbons (Fsp3) is 0.647. The van der Waals surface area contributed by atoms with Gasteiger partial charge in [0, 0.05) is 26.2 Å². The van der Waals surface area contributed by atoms with Crippen LogP contribution in [0.3, 0.4) is 0 Å². The lowest BCUT2D eigenvalue weighted by Crippen LogP contribution is -2.41. The first kappa shape index (κ1) is 15.5. The average molecular weight is 277 g/mol. The molecule has 1 N–H and O–H groups in total. The summed E-state index contributed by atoms with van der Waals surface area (Å²) in [5.74, 6) is 0. The number of aliphatic hydroxyl groups is 1. The maximum atomic E-state index is 10.1. The lowest BCUT2D eigenvalue weighted by molar-refractivity contribution is 0.00880. The first-order valence-electron chi connectivity index (χ1n) is 7.54. The molecule has 1 fully saturated rings. The molecule has 0 aliphatic carbocycles. The first-order chi connectivity index (χ1) is 9.42. The van der Waals surface area contributed by atoms with Crippen molar-refractivity contribution in [1.82, 2.24) is 4.90 Å². The van der Waals surface area contributed by atoms with Gasteiger partial charge in [-0.25, -0.2) is 0 Å². The van der Waals surface area contributed by atoms with Gasteiger partial charge in [-0.3, -0.25) is 4.90 Å². The van der Waals surface area contributed by atoms with Gasteiger partial charge in [-0.1, -0.05) is 29.8 Å². The third-order valence-electron chi connectivity index (χ3n) is 3.62. The summed E-state index contributed by atoms with van der Waals surface area (Å²) >= 11 is 0. The topological polar surface area (TPSA) is 32.7 Å². The highest BCUT2D eigenvalue weighted by Crippen LogP contribution is 2.17. The normalized spacial score (nSPS) is 19.8. The van der Waals surface area contributed by atoms with E-state index >= 15 is 0 Å². The number of ether oxygens (including phenoxy) is 1. The van der Waals surface area contributed by atoms with Gasteiger partial charge in [0.15, 0.2) is 0 Å². The maximum absolute atomic E-state index is 10.1. The summed E-state index contributed by atoms with van der Waals surface area (Å²) in [6, 6.07) is 8.62. The molecule has 1 aliphatic rings. The minimum Gasteiger partial charge on any atom is -0.389 e. The van der Waals surface area contributed by atoms with E-state index in [1.54, 1.807) is 0 Å². The molecule has 0 bridgehead atoms. The third kappa shape index (κ3) is 5.23.